The molecule has 2 aromatic carbocycles. The SMILES string of the molecule is CCOc1ccccc1Oc1ccc(CNC(=O)c2cccc(NC(=O)c3cccs3)c2)cn1. The van der Waals surface area contributed by atoms with Crippen LogP contribution in [0.1, 0.15) is 32.5 Å². The Morgan fingerprint density at radius 1 is 0.941 bits per heavy atom. The van der Waals surface area contributed by atoms with E-state index < -0.39 is 0 Å². The first-order valence-electron chi connectivity index (χ1n) is 10.7. The highest BCUT2D eigenvalue weighted by Crippen LogP contribution is 2.30. The van der Waals surface area contributed by atoms with Crippen molar-refractivity contribution in [2.75, 3.05) is 11.9 Å². The van der Waals surface area contributed by atoms with Gasteiger partial charge in [-0.3, -0.25) is 9.59 Å². The van der Waals surface area contributed by atoms with Crippen LogP contribution in [0.5, 0.6) is 17.4 Å². The van der Waals surface area contributed by atoms with Crippen molar-refractivity contribution < 1.29 is 19.1 Å². The highest BCUT2D eigenvalue weighted by molar-refractivity contribution is 7.12. The Morgan fingerprint density at radius 2 is 1.79 bits per heavy atom. The lowest BCUT2D eigenvalue weighted by molar-refractivity contribution is 0.0949. The minimum atomic E-state index is -0.252. The van der Waals surface area contributed by atoms with Crippen molar-refractivity contribution >= 4 is 28.8 Å². The Kier molecular flexibility index (Phi) is 7.52. The first-order valence-corrected chi connectivity index (χ1v) is 11.6. The van der Waals surface area contributed by atoms with Gasteiger partial charge in [-0.25, -0.2) is 4.98 Å². The van der Waals surface area contributed by atoms with Crippen molar-refractivity contribution in [3.05, 3.63) is 100 Å². The van der Waals surface area contributed by atoms with Crippen LogP contribution in [0, 0.1) is 0 Å². The van der Waals surface area contributed by atoms with Crippen molar-refractivity contribution in [1.29, 1.82) is 0 Å². The van der Waals surface area contributed by atoms with Crippen LogP contribution in [0.25, 0.3) is 0 Å². The Labute approximate surface area is 201 Å². The van der Waals surface area contributed by atoms with E-state index >= 15 is 0 Å². The fraction of sp³-hybridized carbons (Fsp3) is 0.115. The topological polar surface area (TPSA) is 89.5 Å². The highest BCUT2D eigenvalue weighted by atomic mass is 32.1. The lowest BCUT2D eigenvalue weighted by Gasteiger charge is -2.11. The molecule has 34 heavy (non-hydrogen) atoms. The summed E-state index contributed by atoms with van der Waals surface area (Å²) in [5, 5.41) is 7.52. The van der Waals surface area contributed by atoms with Crippen LogP contribution in [0.15, 0.2) is 84.4 Å². The van der Waals surface area contributed by atoms with Gasteiger partial charge in [0.15, 0.2) is 11.5 Å². The first-order chi connectivity index (χ1) is 16.6. The number of nitrogens with zero attached hydrogens (tertiary/aromatic N) is 1. The number of ether oxygens (including phenoxy) is 2. The molecule has 8 heteroatoms. The van der Waals surface area contributed by atoms with E-state index in [0.717, 1.165) is 5.56 Å². The molecule has 0 aliphatic rings. The molecule has 0 radical (unpaired) electrons. The summed E-state index contributed by atoms with van der Waals surface area (Å²) in [6, 6.07) is 21.4. The second kappa shape index (κ2) is 11.1. The van der Waals surface area contributed by atoms with Gasteiger partial charge in [-0.15, -0.1) is 11.3 Å². The standard InChI is InChI=1S/C26H23N3O4S/c1-2-32-21-9-3-4-10-22(21)33-24-13-12-18(16-27-24)17-28-25(30)19-7-5-8-20(15-19)29-26(31)23-11-6-14-34-23/h3-16H,2,17H2,1H3,(H,28,30)(H,29,31). The largest absolute Gasteiger partial charge is 0.490 e. The van der Waals surface area contributed by atoms with Crippen LogP contribution in [0.2, 0.25) is 0 Å². The van der Waals surface area contributed by atoms with Crippen molar-refractivity contribution in [2.24, 2.45) is 0 Å². The predicted octanol–water partition coefficient (Wildman–Crippen LogP) is 5.52. The fourth-order valence-electron chi connectivity index (χ4n) is 3.12. The lowest BCUT2D eigenvalue weighted by Crippen LogP contribution is -2.23. The van der Waals surface area contributed by atoms with E-state index in [0.29, 0.717) is 46.7 Å². The maximum Gasteiger partial charge on any atom is 0.265 e. The van der Waals surface area contributed by atoms with E-state index in [-0.39, 0.29) is 11.8 Å². The number of thiophene rings is 1. The maximum atomic E-state index is 12.6. The summed E-state index contributed by atoms with van der Waals surface area (Å²) in [7, 11) is 0. The van der Waals surface area contributed by atoms with E-state index in [2.05, 4.69) is 15.6 Å². The molecule has 0 bridgehead atoms. The predicted molar refractivity (Wildman–Crippen MR) is 132 cm³/mol. The van der Waals surface area contributed by atoms with Gasteiger partial charge in [-0.1, -0.05) is 30.3 Å². The number of para-hydroxylation sites is 2. The molecule has 0 aliphatic carbocycles. The number of carbonyl (C=O) groups excluding carboxylic acids is 2. The van der Waals surface area contributed by atoms with Gasteiger partial charge in [-0.2, -0.15) is 0 Å². The third-order valence-corrected chi connectivity index (χ3v) is 5.61. The Balaban J connectivity index is 1.33. The van der Waals surface area contributed by atoms with E-state index in [1.807, 2.05) is 48.7 Å². The molecule has 2 amide bonds. The molecule has 172 valence electrons. The molecule has 2 heterocycles. The zero-order valence-electron chi connectivity index (χ0n) is 18.5. The molecule has 2 aromatic heterocycles. The Morgan fingerprint density at radius 3 is 2.53 bits per heavy atom. The lowest BCUT2D eigenvalue weighted by atomic mass is 10.1. The number of nitrogens with one attached hydrogen (secondary N) is 2. The summed E-state index contributed by atoms with van der Waals surface area (Å²) in [5.41, 5.74) is 1.83. The fourth-order valence-corrected chi connectivity index (χ4v) is 3.74. The summed E-state index contributed by atoms with van der Waals surface area (Å²) in [5.74, 6) is 1.21. The van der Waals surface area contributed by atoms with Crippen LogP contribution < -0.4 is 20.1 Å². The van der Waals surface area contributed by atoms with Crippen molar-refractivity contribution in [1.82, 2.24) is 10.3 Å². The molecule has 0 atom stereocenters. The second-order valence-corrected chi connectivity index (χ2v) is 8.13. The number of aromatic nitrogens is 1. The van der Waals surface area contributed by atoms with Crippen LogP contribution in [-0.2, 0) is 6.54 Å². The second-order valence-electron chi connectivity index (χ2n) is 7.18. The van der Waals surface area contributed by atoms with E-state index in [1.165, 1.54) is 11.3 Å². The average Bonchev–Trinajstić information content (AvgIpc) is 3.40. The summed E-state index contributed by atoms with van der Waals surface area (Å²) >= 11 is 1.36. The van der Waals surface area contributed by atoms with Crippen LogP contribution in [-0.4, -0.2) is 23.4 Å². The number of carbonyl (C=O) groups is 2. The van der Waals surface area contributed by atoms with E-state index in [9.17, 15) is 9.59 Å². The molecule has 0 spiro atoms. The first kappa shape index (κ1) is 23.0. The molecule has 0 unspecified atom stereocenters. The number of hydrogen-bond donors (Lipinski definition) is 2. The van der Waals surface area contributed by atoms with E-state index in [4.69, 9.17) is 9.47 Å². The zero-order chi connectivity index (χ0) is 23.8. The molecule has 4 rings (SSSR count). The van der Waals surface area contributed by atoms with Gasteiger partial charge in [-0.05, 0) is 54.3 Å². The number of rotatable bonds is 9. The average molecular weight is 474 g/mol. The van der Waals surface area contributed by atoms with Gasteiger partial charge in [0.25, 0.3) is 11.8 Å². The maximum absolute atomic E-state index is 12.6. The molecule has 0 saturated heterocycles. The molecule has 2 N–H and O–H groups in total. The quantitative estimate of drug-likeness (QED) is 0.334. The summed E-state index contributed by atoms with van der Waals surface area (Å²) in [6.07, 6.45) is 1.65. The summed E-state index contributed by atoms with van der Waals surface area (Å²) in [4.78, 5) is 29.8. The monoisotopic (exact) mass is 473 g/mol. The van der Waals surface area contributed by atoms with Gasteiger partial charge in [0.1, 0.15) is 0 Å². The number of hydrogen-bond acceptors (Lipinski definition) is 6. The molecule has 0 fully saturated rings. The van der Waals surface area contributed by atoms with Crippen LogP contribution >= 0.6 is 11.3 Å². The minimum Gasteiger partial charge on any atom is -0.490 e. The van der Waals surface area contributed by atoms with Crippen molar-refractivity contribution in [2.45, 2.75) is 13.5 Å². The molecular formula is C26H23N3O4S. The van der Waals surface area contributed by atoms with Crippen molar-refractivity contribution in [3.8, 4) is 17.4 Å². The molecule has 4 aromatic rings. The zero-order valence-corrected chi connectivity index (χ0v) is 19.3. The molecule has 0 aliphatic heterocycles. The van der Waals surface area contributed by atoms with Crippen molar-refractivity contribution in [3.63, 3.8) is 0 Å². The number of amides is 2. The molecular weight excluding hydrogens is 450 g/mol. The van der Waals surface area contributed by atoms with Gasteiger partial charge in [0.2, 0.25) is 5.88 Å². The normalized spacial score (nSPS) is 10.4. The van der Waals surface area contributed by atoms with Gasteiger partial charge >= 0.3 is 0 Å². The van der Waals surface area contributed by atoms with E-state index in [1.54, 1.807) is 42.6 Å². The smallest absolute Gasteiger partial charge is 0.265 e. The third kappa shape index (κ3) is 5.99. The number of benzene rings is 2. The number of pyridine rings is 1. The summed E-state index contributed by atoms with van der Waals surface area (Å²) in [6.45, 7) is 2.75. The van der Waals surface area contributed by atoms with Crippen LogP contribution in [0.3, 0.4) is 0 Å². The Hall–Kier alpha value is -4.17. The van der Waals surface area contributed by atoms with Gasteiger partial charge < -0.3 is 20.1 Å². The summed E-state index contributed by atoms with van der Waals surface area (Å²) < 4.78 is 11.4. The highest BCUT2D eigenvalue weighted by Gasteiger charge is 2.11. The number of anilines is 1. The van der Waals surface area contributed by atoms with Gasteiger partial charge in [0.05, 0.1) is 11.5 Å². The van der Waals surface area contributed by atoms with Gasteiger partial charge in [0, 0.05) is 30.1 Å². The minimum absolute atomic E-state index is 0.204. The van der Waals surface area contributed by atoms with Crippen LogP contribution in [0.4, 0.5) is 5.69 Å². The molecule has 7 nitrogen and oxygen atoms in total. The molecule has 0 saturated carbocycles. The Bertz CT molecular complexity index is 1260. The third-order valence-electron chi connectivity index (χ3n) is 4.74.